The molecule has 0 spiro atoms. The number of carbonyl (C=O) groups excluding carboxylic acids is 1. The smallest absolute Gasteiger partial charge is 0.336 e. The van der Waals surface area contributed by atoms with Crippen molar-refractivity contribution in [3.8, 4) is 0 Å². The molecule has 0 unspecified atom stereocenters. The Bertz CT molecular complexity index is 1000. The summed E-state index contributed by atoms with van der Waals surface area (Å²) < 4.78 is 0. The van der Waals surface area contributed by atoms with Crippen LogP contribution >= 0.6 is 0 Å². The summed E-state index contributed by atoms with van der Waals surface area (Å²) in [6.07, 6.45) is 8.58. The molecule has 1 atom stereocenters. The fraction of sp³-hybridized carbons (Fsp3) is 0.231. The highest BCUT2D eigenvalue weighted by atomic mass is 16.4. The lowest BCUT2D eigenvalue weighted by Gasteiger charge is -2.23. The Morgan fingerprint density at radius 2 is 1.73 bits per heavy atom. The minimum Gasteiger partial charge on any atom is -0.478 e. The third-order valence-electron chi connectivity index (χ3n) is 5.32. The first kappa shape index (κ1) is 21.3. The topological polar surface area (TPSA) is 57.6 Å². The molecule has 1 aliphatic heterocycles. The van der Waals surface area contributed by atoms with Crippen molar-refractivity contribution in [3.05, 3.63) is 101 Å². The van der Waals surface area contributed by atoms with E-state index in [0.29, 0.717) is 18.7 Å². The van der Waals surface area contributed by atoms with Crippen LogP contribution in [0.5, 0.6) is 0 Å². The van der Waals surface area contributed by atoms with Crippen molar-refractivity contribution >= 4 is 17.4 Å². The number of hydrogen-bond acceptors (Lipinski definition) is 2. The number of carboxylic acid groups (broad SMARTS) is 1. The van der Waals surface area contributed by atoms with Crippen molar-refractivity contribution in [1.82, 2.24) is 4.90 Å². The van der Waals surface area contributed by atoms with Crippen LogP contribution in [0.25, 0.3) is 5.57 Å². The number of nitrogens with zero attached hydrogens (tertiary/aromatic N) is 1. The van der Waals surface area contributed by atoms with Gasteiger partial charge in [0, 0.05) is 13.1 Å². The van der Waals surface area contributed by atoms with E-state index in [1.165, 1.54) is 0 Å². The molecule has 0 bridgehead atoms. The zero-order chi connectivity index (χ0) is 21.5. The van der Waals surface area contributed by atoms with E-state index in [1.54, 1.807) is 12.1 Å². The standard InChI is InChI=1S/C26H27NO3/c1-3-10-21(23-13-8-9-14-24(23)26(29)30)17-19-15-16-27(18-19)25(28)22(4-2)20-11-6-5-7-12-20/h3,5-15,17,22H,4,16,18H2,1-2H3,(H,29,30)/b10-3-,21-17+/t22-/m0/s1. The highest BCUT2D eigenvalue weighted by molar-refractivity contribution is 5.96. The molecule has 0 fully saturated rings. The van der Waals surface area contributed by atoms with Crippen molar-refractivity contribution in [2.75, 3.05) is 13.1 Å². The van der Waals surface area contributed by atoms with E-state index in [-0.39, 0.29) is 17.4 Å². The third-order valence-corrected chi connectivity index (χ3v) is 5.32. The van der Waals surface area contributed by atoms with E-state index in [4.69, 9.17) is 0 Å². The Kier molecular flexibility index (Phi) is 7.02. The molecule has 0 aromatic heterocycles. The molecule has 0 saturated carbocycles. The van der Waals surface area contributed by atoms with Crippen molar-refractivity contribution in [2.45, 2.75) is 26.2 Å². The second kappa shape index (κ2) is 9.88. The van der Waals surface area contributed by atoms with Crippen molar-refractivity contribution < 1.29 is 14.7 Å². The van der Waals surface area contributed by atoms with Crippen LogP contribution in [0.15, 0.2) is 84.5 Å². The number of amides is 1. The van der Waals surface area contributed by atoms with Gasteiger partial charge in [-0.15, -0.1) is 0 Å². The average Bonchev–Trinajstić information content (AvgIpc) is 3.23. The van der Waals surface area contributed by atoms with Gasteiger partial charge in [0.05, 0.1) is 11.5 Å². The largest absolute Gasteiger partial charge is 0.478 e. The van der Waals surface area contributed by atoms with E-state index >= 15 is 0 Å². The zero-order valence-electron chi connectivity index (χ0n) is 17.4. The number of carboxylic acids is 1. The minimum absolute atomic E-state index is 0.127. The summed E-state index contributed by atoms with van der Waals surface area (Å²) in [4.78, 5) is 26.6. The third kappa shape index (κ3) is 4.77. The molecule has 0 aliphatic carbocycles. The fourth-order valence-corrected chi connectivity index (χ4v) is 3.82. The van der Waals surface area contributed by atoms with E-state index < -0.39 is 5.97 Å². The maximum atomic E-state index is 13.1. The van der Waals surface area contributed by atoms with Crippen molar-refractivity contribution in [1.29, 1.82) is 0 Å². The predicted octanol–water partition coefficient (Wildman–Crippen LogP) is 5.31. The summed E-state index contributed by atoms with van der Waals surface area (Å²) in [5.74, 6) is -0.973. The van der Waals surface area contributed by atoms with Gasteiger partial charge in [-0.2, -0.15) is 0 Å². The molecule has 30 heavy (non-hydrogen) atoms. The monoisotopic (exact) mass is 401 g/mol. The Labute approximate surface area is 177 Å². The molecule has 0 radical (unpaired) electrons. The lowest BCUT2D eigenvalue weighted by molar-refractivity contribution is -0.131. The molecule has 4 heteroatoms. The molecule has 1 heterocycles. The molecule has 2 aromatic carbocycles. The number of rotatable bonds is 7. The zero-order valence-corrected chi connectivity index (χ0v) is 17.4. The number of hydrogen-bond donors (Lipinski definition) is 1. The number of aromatic carboxylic acids is 1. The van der Waals surface area contributed by atoms with Crippen molar-refractivity contribution in [3.63, 3.8) is 0 Å². The van der Waals surface area contributed by atoms with Crippen molar-refractivity contribution in [2.24, 2.45) is 0 Å². The second-order valence-corrected chi connectivity index (χ2v) is 7.32. The van der Waals surface area contributed by atoms with Gasteiger partial charge in [-0.1, -0.05) is 73.7 Å². The maximum Gasteiger partial charge on any atom is 0.336 e. The van der Waals surface area contributed by atoms with Crippen LogP contribution in [-0.4, -0.2) is 35.0 Å². The lowest BCUT2D eigenvalue weighted by Crippen LogP contribution is -2.33. The summed E-state index contributed by atoms with van der Waals surface area (Å²) in [5, 5.41) is 9.54. The van der Waals surface area contributed by atoms with E-state index in [9.17, 15) is 14.7 Å². The summed E-state index contributed by atoms with van der Waals surface area (Å²) in [6, 6.07) is 16.9. The summed E-state index contributed by atoms with van der Waals surface area (Å²) in [7, 11) is 0. The average molecular weight is 402 g/mol. The van der Waals surface area contributed by atoms with Gasteiger partial charge in [-0.05, 0) is 47.8 Å². The van der Waals surface area contributed by atoms with Crippen LogP contribution in [-0.2, 0) is 4.79 Å². The Morgan fingerprint density at radius 3 is 2.37 bits per heavy atom. The quantitative estimate of drug-likeness (QED) is 0.640. The van der Waals surface area contributed by atoms with Crippen LogP contribution in [0.4, 0.5) is 0 Å². The van der Waals surface area contributed by atoms with Crippen LogP contribution in [0.1, 0.15) is 47.7 Å². The SMILES string of the molecule is C/C=C\C(=C/C1=CCN(C(=O)[C@@H](CC)c2ccccc2)C1)c1ccccc1C(=O)O. The Balaban J connectivity index is 1.82. The molecular formula is C26H27NO3. The summed E-state index contributed by atoms with van der Waals surface area (Å²) in [5.41, 5.74) is 3.82. The number of allylic oxidation sites excluding steroid dienone is 3. The van der Waals surface area contributed by atoms with Crippen LogP contribution in [0.2, 0.25) is 0 Å². The summed E-state index contributed by atoms with van der Waals surface area (Å²) >= 11 is 0. The van der Waals surface area contributed by atoms with Gasteiger partial charge in [-0.3, -0.25) is 4.79 Å². The van der Waals surface area contributed by atoms with Gasteiger partial charge < -0.3 is 10.0 Å². The van der Waals surface area contributed by atoms with Gasteiger partial charge in [0.2, 0.25) is 5.91 Å². The first-order valence-electron chi connectivity index (χ1n) is 10.2. The van der Waals surface area contributed by atoms with Gasteiger partial charge in [-0.25, -0.2) is 4.79 Å². The molecule has 2 aromatic rings. The van der Waals surface area contributed by atoms with E-state index in [1.807, 2.05) is 85.5 Å². The highest BCUT2D eigenvalue weighted by Gasteiger charge is 2.26. The minimum atomic E-state index is -0.952. The molecule has 1 amide bonds. The van der Waals surface area contributed by atoms with Crippen LogP contribution in [0.3, 0.4) is 0 Å². The van der Waals surface area contributed by atoms with Crippen LogP contribution in [0, 0.1) is 0 Å². The predicted molar refractivity (Wildman–Crippen MR) is 120 cm³/mol. The Morgan fingerprint density at radius 1 is 1.07 bits per heavy atom. The molecule has 4 nitrogen and oxygen atoms in total. The van der Waals surface area contributed by atoms with Gasteiger partial charge in [0.1, 0.15) is 0 Å². The summed E-state index contributed by atoms with van der Waals surface area (Å²) in [6.45, 7) is 5.03. The fourth-order valence-electron chi connectivity index (χ4n) is 3.82. The molecular weight excluding hydrogens is 374 g/mol. The Hall–Kier alpha value is -3.40. The lowest BCUT2D eigenvalue weighted by atomic mass is 9.95. The molecule has 1 N–H and O–H groups in total. The van der Waals surface area contributed by atoms with Gasteiger partial charge >= 0.3 is 5.97 Å². The van der Waals surface area contributed by atoms with E-state index in [0.717, 1.165) is 23.1 Å². The molecule has 3 rings (SSSR count). The molecule has 0 saturated heterocycles. The molecule has 1 aliphatic rings. The number of benzene rings is 2. The van der Waals surface area contributed by atoms with Gasteiger partial charge in [0.15, 0.2) is 0 Å². The van der Waals surface area contributed by atoms with E-state index in [2.05, 4.69) is 0 Å². The van der Waals surface area contributed by atoms with Gasteiger partial charge in [0.25, 0.3) is 0 Å². The first-order chi connectivity index (χ1) is 14.5. The second-order valence-electron chi connectivity index (χ2n) is 7.32. The maximum absolute atomic E-state index is 13.1. The highest BCUT2D eigenvalue weighted by Crippen LogP contribution is 2.27. The van der Waals surface area contributed by atoms with Crippen LogP contribution < -0.4 is 0 Å². The number of carbonyl (C=O) groups is 2. The normalized spacial score (nSPS) is 15.3. The first-order valence-corrected chi connectivity index (χ1v) is 10.2. The molecule has 154 valence electrons.